The lowest BCUT2D eigenvalue weighted by atomic mass is 10.2. The number of sulfone groups is 1. The highest BCUT2D eigenvalue weighted by Crippen LogP contribution is 2.30. The molecular formula is C22H18FN3O4S. The van der Waals surface area contributed by atoms with E-state index in [0.717, 1.165) is 23.3 Å². The highest BCUT2D eigenvalue weighted by molar-refractivity contribution is 7.91. The van der Waals surface area contributed by atoms with E-state index >= 15 is 0 Å². The maximum absolute atomic E-state index is 13.4. The summed E-state index contributed by atoms with van der Waals surface area (Å²) in [5.41, 5.74) is 1.95. The normalized spacial score (nSPS) is 11.4. The number of benzene rings is 2. The Bertz CT molecular complexity index is 1370. The number of imidazole rings is 1. The summed E-state index contributed by atoms with van der Waals surface area (Å²) in [4.78, 5) is 16.5. The molecule has 9 heteroatoms. The molecule has 31 heavy (non-hydrogen) atoms. The van der Waals surface area contributed by atoms with E-state index in [4.69, 9.17) is 4.74 Å². The third-order valence-corrected chi connectivity index (χ3v) is 6.56. The van der Waals surface area contributed by atoms with Crippen LogP contribution in [0.25, 0.3) is 5.65 Å². The minimum absolute atomic E-state index is 0.0399. The lowest BCUT2D eigenvalue weighted by Crippen LogP contribution is -2.23. The first kappa shape index (κ1) is 20.5. The largest absolute Gasteiger partial charge is 0.495 e. The first-order chi connectivity index (χ1) is 14.9. The highest BCUT2D eigenvalue weighted by Gasteiger charge is 2.22. The standard InChI is InChI=1S/C22H18FN3O4S/c1-30-19-12-17(23)5-8-20(19)31(28,29)18-6-2-15(3-7-18)13-25-22(27)16-4-9-21-24-10-11-26(21)14-16/h2-12,14H,13H2,1H3,(H,25,27). The molecule has 0 atom stereocenters. The number of halogens is 1. The number of hydrogen-bond acceptors (Lipinski definition) is 5. The molecule has 2 aromatic heterocycles. The Morgan fingerprint density at radius 3 is 2.65 bits per heavy atom. The number of nitrogens with zero attached hydrogens (tertiary/aromatic N) is 2. The van der Waals surface area contributed by atoms with Crippen molar-refractivity contribution in [1.82, 2.24) is 14.7 Å². The molecule has 0 saturated heterocycles. The number of pyridine rings is 1. The summed E-state index contributed by atoms with van der Waals surface area (Å²) in [5, 5.41) is 2.80. The molecule has 0 unspecified atom stereocenters. The number of hydrogen-bond donors (Lipinski definition) is 1. The number of methoxy groups -OCH3 is 1. The number of nitrogens with one attached hydrogen (secondary N) is 1. The van der Waals surface area contributed by atoms with Crippen LogP contribution in [0, 0.1) is 5.82 Å². The summed E-state index contributed by atoms with van der Waals surface area (Å²) in [5.74, 6) is -0.913. The zero-order valence-electron chi connectivity index (χ0n) is 16.4. The maximum Gasteiger partial charge on any atom is 0.253 e. The SMILES string of the molecule is COc1cc(F)ccc1S(=O)(=O)c1ccc(CNC(=O)c2ccc3nccn3c2)cc1. The second-order valence-electron chi connectivity index (χ2n) is 6.74. The van der Waals surface area contributed by atoms with E-state index in [2.05, 4.69) is 10.3 Å². The average molecular weight is 439 g/mol. The van der Waals surface area contributed by atoms with E-state index in [-0.39, 0.29) is 28.0 Å². The predicted octanol–water partition coefficient (Wildman–Crippen LogP) is 3.24. The van der Waals surface area contributed by atoms with Gasteiger partial charge in [-0.1, -0.05) is 12.1 Å². The fraction of sp³-hybridized carbons (Fsp3) is 0.0909. The molecule has 4 rings (SSSR count). The third kappa shape index (κ3) is 4.13. The van der Waals surface area contributed by atoms with Crippen LogP contribution in [0.4, 0.5) is 4.39 Å². The molecule has 7 nitrogen and oxygen atoms in total. The van der Waals surface area contributed by atoms with Crippen LogP contribution in [-0.4, -0.2) is 30.8 Å². The van der Waals surface area contributed by atoms with Crippen LogP contribution in [0.5, 0.6) is 5.75 Å². The van der Waals surface area contributed by atoms with E-state index in [1.54, 1.807) is 47.3 Å². The van der Waals surface area contributed by atoms with Gasteiger partial charge >= 0.3 is 0 Å². The highest BCUT2D eigenvalue weighted by atomic mass is 32.2. The summed E-state index contributed by atoms with van der Waals surface area (Å²) in [7, 11) is -2.61. The molecule has 0 saturated carbocycles. The molecule has 0 spiro atoms. The maximum atomic E-state index is 13.4. The van der Waals surface area contributed by atoms with Gasteiger partial charge in [0.1, 0.15) is 22.1 Å². The van der Waals surface area contributed by atoms with Crippen LogP contribution in [0.15, 0.2) is 83.0 Å². The quantitative estimate of drug-likeness (QED) is 0.466. The Labute approximate surface area is 178 Å². The Kier molecular flexibility index (Phi) is 5.43. The van der Waals surface area contributed by atoms with Crippen LogP contribution >= 0.6 is 0 Å². The summed E-state index contributed by atoms with van der Waals surface area (Å²) in [6.45, 7) is 0.223. The molecule has 0 aliphatic carbocycles. The van der Waals surface area contributed by atoms with E-state index in [1.165, 1.54) is 25.3 Å². The Morgan fingerprint density at radius 2 is 1.90 bits per heavy atom. The van der Waals surface area contributed by atoms with Gasteiger partial charge in [-0.05, 0) is 42.0 Å². The second kappa shape index (κ2) is 8.19. The van der Waals surface area contributed by atoms with Crippen molar-refractivity contribution in [2.45, 2.75) is 16.3 Å². The van der Waals surface area contributed by atoms with Gasteiger partial charge < -0.3 is 14.5 Å². The van der Waals surface area contributed by atoms with Crippen LogP contribution in [0.3, 0.4) is 0 Å². The van der Waals surface area contributed by atoms with Crippen LogP contribution < -0.4 is 10.1 Å². The number of amides is 1. The van der Waals surface area contributed by atoms with Gasteiger partial charge in [-0.2, -0.15) is 0 Å². The molecule has 1 amide bonds. The van der Waals surface area contributed by atoms with Gasteiger partial charge in [0.2, 0.25) is 9.84 Å². The van der Waals surface area contributed by atoms with Gasteiger partial charge in [-0.15, -0.1) is 0 Å². The first-order valence-electron chi connectivity index (χ1n) is 9.27. The number of carbonyl (C=O) groups excluding carboxylic acids is 1. The van der Waals surface area contributed by atoms with E-state index in [1.807, 2.05) is 0 Å². The van der Waals surface area contributed by atoms with Crippen LogP contribution in [-0.2, 0) is 16.4 Å². The average Bonchev–Trinajstić information content (AvgIpc) is 3.25. The Balaban J connectivity index is 1.48. The third-order valence-electron chi connectivity index (χ3n) is 4.75. The number of ether oxygens (including phenoxy) is 1. The molecule has 0 bridgehead atoms. The van der Waals surface area contributed by atoms with Crippen molar-refractivity contribution in [1.29, 1.82) is 0 Å². The molecule has 2 aromatic carbocycles. The fourth-order valence-corrected chi connectivity index (χ4v) is 4.52. The molecule has 0 aliphatic heterocycles. The summed E-state index contributed by atoms with van der Waals surface area (Å²) >= 11 is 0. The fourth-order valence-electron chi connectivity index (χ4n) is 3.12. The zero-order valence-corrected chi connectivity index (χ0v) is 17.3. The summed E-state index contributed by atoms with van der Waals surface area (Å²) < 4.78 is 45.9. The summed E-state index contributed by atoms with van der Waals surface area (Å²) in [6, 6.07) is 12.8. The van der Waals surface area contributed by atoms with Crippen molar-refractivity contribution in [3.63, 3.8) is 0 Å². The van der Waals surface area contributed by atoms with Crippen molar-refractivity contribution in [3.8, 4) is 5.75 Å². The molecule has 4 aromatic rings. The zero-order chi connectivity index (χ0) is 22.0. The molecule has 0 aliphatic rings. The van der Waals surface area contributed by atoms with Gasteiger partial charge in [0.05, 0.1) is 17.6 Å². The smallest absolute Gasteiger partial charge is 0.253 e. The lowest BCUT2D eigenvalue weighted by Gasteiger charge is -2.11. The number of rotatable bonds is 6. The van der Waals surface area contributed by atoms with Gasteiger partial charge in [0.15, 0.2) is 0 Å². The van der Waals surface area contributed by atoms with Crippen LogP contribution in [0.1, 0.15) is 15.9 Å². The minimum atomic E-state index is -3.89. The molecule has 0 radical (unpaired) electrons. The van der Waals surface area contributed by atoms with Crippen molar-refractivity contribution >= 4 is 21.4 Å². The topological polar surface area (TPSA) is 89.8 Å². The van der Waals surface area contributed by atoms with E-state index in [9.17, 15) is 17.6 Å². The van der Waals surface area contributed by atoms with E-state index < -0.39 is 15.7 Å². The molecule has 2 heterocycles. The van der Waals surface area contributed by atoms with Gasteiger partial charge in [-0.25, -0.2) is 17.8 Å². The van der Waals surface area contributed by atoms with Crippen molar-refractivity contribution < 1.29 is 22.3 Å². The van der Waals surface area contributed by atoms with Crippen molar-refractivity contribution in [3.05, 3.63) is 90.1 Å². The molecule has 0 fully saturated rings. The Morgan fingerprint density at radius 1 is 1.13 bits per heavy atom. The molecule has 1 N–H and O–H groups in total. The van der Waals surface area contributed by atoms with Crippen LogP contribution in [0.2, 0.25) is 0 Å². The lowest BCUT2D eigenvalue weighted by molar-refractivity contribution is 0.0950. The van der Waals surface area contributed by atoms with E-state index in [0.29, 0.717) is 5.56 Å². The monoisotopic (exact) mass is 439 g/mol. The number of fused-ring (bicyclic) bond motifs is 1. The molecule has 158 valence electrons. The van der Waals surface area contributed by atoms with Crippen molar-refractivity contribution in [2.75, 3.05) is 7.11 Å². The Hall–Kier alpha value is -3.72. The predicted molar refractivity (Wildman–Crippen MR) is 111 cm³/mol. The minimum Gasteiger partial charge on any atom is -0.495 e. The first-order valence-corrected chi connectivity index (χ1v) is 10.8. The number of aromatic nitrogens is 2. The molecular weight excluding hydrogens is 421 g/mol. The second-order valence-corrected chi connectivity index (χ2v) is 8.65. The summed E-state index contributed by atoms with van der Waals surface area (Å²) in [6.07, 6.45) is 5.08. The number of carbonyl (C=O) groups is 1. The van der Waals surface area contributed by atoms with Gasteiger partial charge in [-0.3, -0.25) is 4.79 Å². The van der Waals surface area contributed by atoms with Gasteiger partial charge in [0, 0.05) is 31.2 Å². The van der Waals surface area contributed by atoms with Crippen molar-refractivity contribution in [2.24, 2.45) is 0 Å². The van der Waals surface area contributed by atoms with Gasteiger partial charge in [0.25, 0.3) is 5.91 Å².